The van der Waals surface area contributed by atoms with Crippen LogP contribution in [-0.2, 0) is 6.54 Å². The standard InChI is InChI=1S/C13H11N3O/c1-2-5-12-10(4-1)8-11(17-12)9-16-13-14-6-3-7-15-13/h1-8H,9H2,(H,14,15,16). The zero-order valence-electron chi connectivity index (χ0n) is 9.13. The van der Waals surface area contributed by atoms with Crippen LogP contribution in [-0.4, -0.2) is 9.97 Å². The first-order valence-electron chi connectivity index (χ1n) is 5.40. The maximum absolute atomic E-state index is 5.67. The highest BCUT2D eigenvalue weighted by molar-refractivity contribution is 5.77. The number of nitrogens with zero attached hydrogens (tertiary/aromatic N) is 2. The van der Waals surface area contributed by atoms with Gasteiger partial charge in [-0.2, -0.15) is 0 Å². The van der Waals surface area contributed by atoms with Crippen molar-refractivity contribution in [2.75, 3.05) is 5.32 Å². The molecule has 4 heteroatoms. The van der Waals surface area contributed by atoms with E-state index in [0.29, 0.717) is 12.5 Å². The van der Waals surface area contributed by atoms with E-state index >= 15 is 0 Å². The molecule has 0 aliphatic carbocycles. The first-order chi connectivity index (χ1) is 8.42. The van der Waals surface area contributed by atoms with Gasteiger partial charge in [0, 0.05) is 17.8 Å². The lowest BCUT2D eigenvalue weighted by Crippen LogP contribution is -2.01. The number of hydrogen-bond acceptors (Lipinski definition) is 4. The number of fused-ring (bicyclic) bond motifs is 1. The molecule has 0 saturated carbocycles. The Morgan fingerprint density at radius 1 is 1.06 bits per heavy atom. The molecule has 0 amide bonds. The van der Waals surface area contributed by atoms with Gasteiger partial charge in [-0.1, -0.05) is 18.2 Å². The van der Waals surface area contributed by atoms with E-state index in [1.807, 2.05) is 30.3 Å². The smallest absolute Gasteiger partial charge is 0.222 e. The summed E-state index contributed by atoms with van der Waals surface area (Å²) in [5.41, 5.74) is 0.901. The molecule has 84 valence electrons. The molecule has 1 aromatic carbocycles. The van der Waals surface area contributed by atoms with Gasteiger partial charge < -0.3 is 9.73 Å². The Morgan fingerprint density at radius 2 is 1.88 bits per heavy atom. The molecular formula is C13H11N3O. The topological polar surface area (TPSA) is 51.0 Å². The molecule has 0 spiro atoms. The van der Waals surface area contributed by atoms with Gasteiger partial charge >= 0.3 is 0 Å². The van der Waals surface area contributed by atoms with Crippen molar-refractivity contribution in [1.29, 1.82) is 0 Å². The average Bonchev–Trinajstić information content (AvgIpc) is 2.80. The third-order valence-corrected chi connectivity index (χ3v) is 2.46. The van der Waals surface area contributed by atoms with Crippen LogP contribution in [0, 0.1) is 0 Å². The van der Waals surface area contributed by atoms with Crippen molar-refractivity contribution in [2.45, 2.75) is 6.54 Å². The van der Waals surface area contributed by atoms with Crippen molar-refractivity contribution >= 4 is 16.9 Å². The van der Waals surface area contributed by atoms with Crippen LogP contribution >= 0.6 is 0 Å². The molecule has 0 aliphatic heterocycles. The van der Waals surface area contributed by atoms with Crippen molar-refractivity contribution in [3.63, 3.8) is 0 Å². The van der Waals surface area contributed by atoms with Crippen molar-refractivity contribution < 1.29 is 4.42 Å². The highest BCUT2D eigenvalue weighted by Gasteiger charge is 2.02. The van der Waals surface area contributed by atoms with Gasteiger partial charge in [0.25, 0.3) is 0 Å². The SMILES string of the molecule is c1cnc(NCc2cc3ccccc3o2)nc1. The maximum Gasteiger partial charge on any atom is 0.222 e. The minimum absolute atomic E-state index is 0.582. The number of rotatable bonds is 3. The fourth-order valence-electron chi connectivity index (χ4n) is 1.68. The third kappa shape index (κ3) is 2.10. The molecule has 0 atom stereocenters. The number of nitrogens with one attached hydrogen (secondary N) is 1. The van der Waals surface area contributed by atoms with Gasteiger partial charge in [0.1, 0.15) is 11.3 Å². The normalized spacial score (nSPS) is 10.6. The van der Waals surface area contributed by atoms with Crippen molar-refractivity contribution in [3.8, 4) is 0 Å². The zero-order chi connectivity index (χ0) is 11.5. The molecule has 0 radical (unpaired) electrons. The van der Waals surface area contributed by atoms with E-state index in [1.165, 1.54) is 0 Å². The minimum Gasteiger partial charge on any atom is -0.459 e. The number of hydrogen-bond donors (Lipinski definition) is 1. The third-order valence-electron chi connectivity index (χ3n) is 2.46. The molecule has 2 aromatic heterocycles. The molecule has 2 heterocycles. The van der Waals surface area contributed by atoms with E-state index in [0.717, 1.165) is 16.7 Å². The second-order valence-electron chi connectivity index (χ2n) is 3.68. The van der Waals surface area contributed by atoms with Crippen LogP contribution in [0.25, 0.3) is 11.0 Å². The van der Waals surface area contributed by atoms with Gasteiger partial charge in [0.05, 0.1) is 6.54 Å². The van der Waals surface area contributed by atoms with E-state index in [4.69, 9.17) is 4.42 Å². The average molecular weight is 225 g/mol. The Bertz CT molecular complexity index is 586. The van der Waals surface area contributed by atoms with Crippen LogP contribution in [0.15, 0.2) is 53.2 Å². The second kappa shape index (κ2) is 4.25. The van der Waals surface area contributed by atoms with E-state index in [1.54, 1.807) is 18.5 Å². The minimum atomic E-state index is 0.582. The summed E-state index contributed by atoms with van der Waals surface area (Å²) in [6.45, 7) is 0.582. The summed E-state index contributed by atoms with van der Waals surface area (Å²) in [5.74, 6) is 1.48. The van der Waals surface area contributed by atoms with Gasteiger partial charge in [-0.25, -0.2) is 9.97 Å². The maximum atomic E-state index is 5.67. The fourth-order valence-corrected chi connectivity index (χ4v) is 1.68. The Morgan fingerprint density at radius 3 is 2.71 bits per heavy atom. The van der Waals surface area contributed by atoms with Crippen LogP contribution < -0.4 is 5.32 Å². The fraction of sp³-hybridized carbons (Fsp3) is 0.0769. The molecule has 0 unspecified atom stereocenters. The predicted molar refractivity (Wildman–Crippen MR) is 65.6 cm³/mol. The molecular weight excluding hydrogens is 214 g/mol. The van der Waals surface area contributed by atoms with Crippen molar-refractivity contribution in [3.05, 3.63) is 54.6 Å². The molecule has 4 nitrogen and oxygen atoms in total. The Hall–Kier alpha value is -2.36. The van der Waals surface area contributed by atoms with Gasteiger partial charge in [0.15, 0.2) is 0 Å². The van der Waals surface area contributed by atoms with Gasteiger partial charge in [-0.05, 0) is 18.2 Å². The van der Waals surface area contributed by atoms with Crippen LogP contribution in [0.3, 0.4) is 0 Å². The first kappa shape index (κ1) is 9.84. The summed E-state index contributed by atoms with van der Waals surface area (Å²) in [6.07, 6.45) is 3.40. The predicted octanol–water partition coefficient (Wildman–Crippen LogP) is 2.83. The first-order valence-corrected chi connectivity index (χ1v) is 5.40. The number of anilines is 1. The van der Waals surface area contributed by atoms with E-state index in [-0.39, 0.29) is 0 Å². The van der Waals surface area contributed by atoms with Crippen molar-refractivity contribution in [2.24, 2.45) is 0 Å². The molecule has 0 fully saturated rings. The molecule has 0 aliphatic rings. The Labute approximate surface area is 98.3 Å². The number of para-hydroxylation sites is 1. The lowest BCUT2D eigenvalue weighted by Gasteiger charge is -2.00. The lowest BCUT2D eigenvalue weighted by molar-refractivity contribution is 0.558. The quantitative estimate of drug-likeness (QED) is 0.744. The van der Waals surface area contributed by atoms with Crippen molar-refractivity contribution in [1.82, 2.24) is 9.97 Å². The summed E-state index contributed by atoms with van der Waals surface area (Å²) < 4.78 is 5.67. The zero-order valence-corrected chi connectivity index (χ0v) is 9.13. The molecule has 3 aromatic rings. The summed E-state index contributed by atoms with van der Waals surface area (Å²) in [6, 6.07) is 11.7. The molecule has 3 rings (SSSR count). The van der Waals surface area contributed by atoms with E-state index in [2.05, 4.69) is 15.3 Å². The van der Waals surface area contributed by atoms with Gasteiger partial charge in [-0.15, -0.1) is 0 Å². The number of furan rings is 1. The molecule has 0 saturated heterocycles. The van der Waals surface area contributed by atoms with Crippen LogP contribution in [0.5, 0.6) is 0 Å². The Balaban J connectivity index is 1.77. The van der Waals surface area contributed by atoms with E-state index in [9.17, 15) is 0 Å². The summed E-state index contributed by atoms with van der Waals surface area (Å²) in [7, 11) is 0. The van der Waals surface area contributed by atoms with Crippen LogP contribution in [0.4, 0.5) is 5.95 Å². The van der Waals surface area contributed by atoms with Gasteiger partial charge in [-0.3, -0.25) is 0 Å². The largest absolute Gasteiger partial charge is 0.459 e. The van der Waals surface area contributed by atoms with Gasteiger partial charge in [0.2, 0.25) is 5.95 Å². The molecule has 0 bridgehead atoms. The highest BCUT2D eigenvalue weighted by atomic mass is 16.3. The number of aromatic nitrogens is 2. The summed E-state index contributed by atoms with van der Waals surface area (Å²) in [5, 5.41) is 4.22. The highest BCUT2D eigenvalue weighted by Crippen LogP contribution is 2.19. The monoisotopic (exact) mass is 225 g/mol. The number of benzene rings is 1. The summed E-state index contributed by atoms with van der Waals surface area (Å²) in [4.78, 5) is 8.17. The second-order valence-corrected chi connectivity index (χ2v) is 3.68. The molecule has 17 heavy (non-hydrogen) atoms. The lowest BCUT2D eigenvalue weighted by atomic mass is 10.2. The Kier molecular flexibility index (Phi) is 2.46. The summed E-state index contributed by atoms with van der Waals surface area (Å²) >= 11 is 0. The van der Waals surface area contributed by atoms with Crippen LogP contribution in [0.2, 0.25) is 0 Å². The van der Waals surface area contributed by atoms with Crippen LogP contribution in [0.1, 0.15) is 5.76 Å². The molecule has 1 N–H and O–H groups in total. The van der Waals surface area contributed by atoms with E-state index < -0.39 is 0 Å².